The molecule has 0 aromatic carbocycles. The van der Waals surface area contributed by atoms with Crippen molar-refractivity contribution in [2.45, 2.75) is 6.54 Å². The molecule has 7 nitrogen and oxygen atoms in total. The SMILES string of the molecule is O=c1ncc([N+](=O)[O-])cn1Cc1cnc(Cl)s1. The Morgan fingerprint density at radius 3 is 2.82 bits per heavy atom. The van der Waals surface area contributed by atoms with Crippen molar-refractivity contribution in [1.82, 2.24) is 14.5 Å². The molecule has 0 atom stereocenters. The second-order valence-electron chi connectivity index (χ2n) is 3.06. The fourth-order valence-electron chi connectivity index (χ4n) is 1.18. The van der Waals surface area contributed by atoms with Gasteiger partial charge in [-0.05, 0) is 0 Å². The molecule has 2 aromatic rings. The van der Waals surface area contributed by atoms with E-state index in [0.717, 1.165) is 21.8 Å². The third-order valence-electron chi connectivity index (χ3n) is 1.90. The lowest BCUT2D eigenvalue weighted by molar-refractivity contribution is -0.385. The van der Waals surface area contributed by atoms with Crippen LogP contribution in [0.15, 0.2) is 23.4 Å². The van der Waals surface area contributed by atoms with E-state index in [9.17, 15) is 14.9 Å². The summed E-state index contributed by atoms with van der Waals surface area (Å²) in [5.41, 5.74) is -0.791. The van der Waals surface area contributed by atoms with Gasteiger partial charge in [0.15, 0.2) is 4.47 Å². The zero-order chi connectivity index (χ0) is 12.4. The molecule has 0 amide bonds. The quantitative estimate of drug-likeness (QED) is 0.620. The number of nitrogens with zero attached hydrogens (tertiary/aromatic N) is 4. The summed E-state index contributed by atoms with van der Waals surface area (Å²) < 4.78 is 1.49. The molecule has 88 valence electrons. The minimum Gasteiger partial charge on any atom is -0.287 e. The molecule has 0 spiro atoms. The molecule has 0 aliphatic carbocycles. The van der Waals surface area contributed by atoms with Gasteiger partial charge in [0.1, 0.15) is 6.20 Å². The highest BCUT2D eigenvalue weighted by atomic mass is 35.5. The molecule has 2 heterocycles. The van der Waals surface area contributed by atoms with E-state index in [-0.39, 0.29) is 12.2 Å². The first-order valence-electron chi connectivity index (χ1n) is 4.37. The number of rotatable bonds is 3. The summed E-state index contributed by atoms with van der Waals surface area (Å²) in [4.78, 5) is 29.3. The van der Waals surface area contributed by atoms with Gasteiger partial charge < -0.3 is 0 Å². The summed E-state index contributed by atoms with van der Waals surface area (Å²) in [6, 6.07) is 0. The number of aromatic nitrogens is 3. The Kier molecular flexibility index (Phi) is 3.16. The lowest BCUT2D eigenvalue weighted by Gasteiger charge is -2.01. The minimum absolute atomic E-state index is 0.165. The maximum absolute atomic E-state index is 11.4. The molecular weight excluding hydrogens is 268 g/mol. The molecule has 0 N–H and O–H groups in total. The van der Waals surface area contributed by atoms with E-state index >= 15 is 0 Å². The molecule has 0 aliphatic rings. The van der Waals surface area contributed by atoms with Crippen LogP contribution in [0.5, 0.6) is 0 Å². The maximum Gasteiger partial charge on any atom is 0.348 e. The van der Waals surface area contributed by atoms with Crippen molar-refractivity contribution in [3.63, 3.8) is 0 Å². The number of halogens is 1. The van der Waals surface area contributed by atoms with Crippen molar-refractivity contribution < 1.29 is 4.92 Å². The van der Waals surface area contributed by atoms with Gasteiger partial charge in [0, 0.05) is 11.1 Å². The molecule has 17 heavy (non-hydrogen) atoms. The summed E-state index contributed by atoms with van der Waals surface area (Å²) in [6.07, 6.45) is 3.58. The summed E-state index contributed by atoms with van der Waals surface area (Å²) in [5.74, 6) is 0. The first kappa shape index (κ1) is 11.7. The summed E-state index contributed by atoms with van der Waals surface area (Å²) in [6.45, 7) is 0.165. The van der Waals surface area contributed by atoms with Crippen molar-refractivity contribution in [3.05, 3.63) is 48.5 Å². The van der Waals surface area contributed by atoms with Crippen molar-refractivity contribution in [2.24, 2.45) is 0 Å². The number of thiazole rings is 1. The predicted octanol–water partition coefficient (Wildman–Crippen LogP) is 1.31. The van der Waals surface area contributed by atoms with Crippen LogP contribution in [0.3, 0.4) is 0 Å². The van der Waals surface area contributed by atoms with Gasteiger partial charge in [0.25, 0.3) is 0 Å². The lowest BCUT2D eigenvalue weighted by Crippen LogP contribution is -2.22. The fourth-order valence-corrected chi connectivity index (χ4v) is 2.15. The fraction of sp³-hybridized carbons (Fsp3) is 0.125. The number of nitro groups is 1. The highest BCUT2D eigenvalue weighted by Gasteiger charge is 2.10. The average molecular weight is 273 g/mol. The molecule has 0 bridgehead atoms. The van der Waals surface area contributed by atoms with Crippen LogP contribution in [0.4, 0.5) is 5.69 Å². The van der Waals surface area contributed by atoms with Crippen LogP contribution < -0.4 is 5.69 Å². The maximum atomic E-state index is 11.4. The van der Waals surface area contributed by atoms with Gasteiger partial charge in [-0.2, -0.15) is 4.98 Å². The van der Waals surface area contributed by atoms with Crippen LogP contribution in [0, 0.1) is 10.1 Å². The smallest absolute Gasteiger partial charge is 0.287 e. The minimum atomic E-state index is -0.609. The molecule has 0 radical (unpaired) electrons. The second-order valence-corrected chi connectivity index (χ2v) is 4.76. The van der Waals surface area contributed by atoms with E-state index in [4.69, 9.17) is 11.6 Å². The van der Waals surface area contributed by atoms with Crippen LogP contribution >= 0.6 is 22.9 Å². The predicted molar refractivity (Wildman–Crippen MR) is 61.4 cm³/mol. The summed E-state index contributed by atoms with van der Waals surface area (Å²) >= 11 is 6.85. The zero-order valence-electron chi connectivity index (χ0n) is 8.24. The van der Waals surface area contributed by atoms with E-state index in [1.54, 1.807) is 0 Å². The highest BCUT2D eigenvalue weighted by molar-refractivity contribution is 7.15. The first-order valence-corrected chi connectivity index (χ1v) is 5.57. The van der Waals surface area contributed by atoms with Crippen LogP contribution in [0.25, 0.3) is 0 Å². The molecule has 0 fully saturated rings. The monoisotopic (exact) mass is 272 g/mol. The Morgan fingerprint density at radius 2 is 2.24 bits per heavy atom. The topological polar surface area (TPSA) is 90.9 Å². The van der Waals surface area contributed by atoms with E-state index in [1.165, 1.54) is 17.5 Å². The molecule has 9 heteroatoms. The Bertz CT molecular complexity index is 623. The van der Waals surface area contributed by atoms with Crippen molar-refractivity contribution in [1.29, 1.82) is 0 Å². The van der Waals surface area contributed by atoms with Gasteiger partial charge in [-0.15, -0.1) is 11.3 Å². The Morgan fingerprint density at radius 1 is 1.47 bits per heavy atom. The Labute approximate surface area is 103 Å². The molecule has 0 aliphatic heterocycles. The summed E-state index contributed by atoms with van der Waals surface area (Å²) in [7, 11) is 0. The highest BCUT2D eigenvalue weighted by Crippen LogP contribution is 2.18. The molecule has 2 rings (SSSR count). The lowest BCUT2D eigenvalue weighted by atomic mass is 10.5. The van der Waals surface area contributed by atoms with Crippen LogP contribution in [0.1, 0.15) is 4.88 Å². The zero-order valence-corrected chi connectivity index (χ0v) is 9.81. The second kappa shape index (κ2) is 4.60. The number of hydrogen-bond donors (Lipinski definition) is 0. The third-order valence-corrected chi connectivity index (χ3v) is 3.00. The van der Waals surface area contributed by atoms with Gasteiger partial charge in [0.05, 0.1) is 17.7 Å². The van der Waals surface area contributed by atoms with E-state index in [2.05, 4.69) is 9.97 Å². The number of hydrogen-bond acceptors (Lipinski definition) is 6. The van der Waals surface area contributed by atoms with Gasteiger partial charge in [-0.25, -0.2) is 9.78 Å². The summed E-state index contributed by atoms with van der Waals surface area (Å²) in [5, 5.41) is 10.5. The van der Waals surface area contributed by atoms with E-state index in [1.807, 2.05) is 0 Å². The normalized spacial score (nSPS) is 10.4. The van der Waals surface area contributed by atoms with Crippen LogP contribution in [-0.2, 0) is 6.54 Å². The largest absolute Gasteiger partial charge is 0.348 e. The van der Waals surface area contributed by atoms with Crippen LogP contribution in [0.2, 0.25) is 4.47 Å². The standard InChI is InChI=1S/C8H5ClN4O3S/c9-7-10-2-6(17-7)4-12-3-5(13(15)16)1-11-8(12)14/h1-3H,4H2. The molecular formula is C8H5ClN4O3S. The van der Waals surface area contributed by atoms with Crippen molar-refractivity contribution >= 4 is 28.6 Å². The van der Waals surface area contributed by atoms with E-state index in [0.29, 0.717) is 4.47 Å². The molecule has 0 unspecified atom stereocenters. The van der Waals surface area contributed by atoms with Gasteiger partial charge in [0.2, 0.25) is 0 Å². The van der Waals surface area contributed by atoms with Crippen molar-refractivity contribution in [3.8, 4) is 0 Å². The van der Waals surface area contributed by atoms with Gasteiger partial charge in [-0.1, -0.05) is 11.6 Å². The average Bonchev–Trinajstić information content (AvgIpc) is 2.67. The van der Waals surface area contributed by atoms with Crippen molar-refractivity contribution in [2.75, 3.05) is 0 Å². The molecule has 2 aromatic heterocycles. The van der Waals surface area contributed by atoms with Crippen LogP contribution in [-0.4, -0.2) is 19.5 Å². The first-order chi connectivity index (χ1) is 8.06. The Balaban J connectivity index is 2.35. The van der Waals surface area contributed by atoms with Gasteiger partial charge >= 0.3 is 11.4 Å². The third kappa shape index (κ3) is 2.66. The van der Waals surface area contributed by atoms with E-state index < -0.39 is 10.6 Å². The van der Waals surface area contributed by atoms with Gasteiger partial charge in [-0.3, -0.25) is 14.7 Å². The Hall–Kier alpha value is -1.80. The molecule has 0 saturated carbocycles. The molecule has 0 saturated heterocycles.